The fourth-order valence-corrected chi connectivity index (χ4v) is 6.60. The maximum absolute atomic E-state index is 12.4. The van der Waals surface area contributed by atoms with Crippen LogP contribution in [0.5, 0.6) is 0 Å². The number of rotatable bonds is 3. The molecule has 0 aromatic heterocycles. The second-order valence-corrected chi connectivity index (χ2v) is 10.8. The molecule has 5 nitrogen and oxygen atoms in total. The largest absolute Gasteiger partial charge is 0.241 e. The number of aryl methyl sites for hydroxylation is 1. The molecule has 1 fully saturated rings. The molecule has 0 saturated carbocycles. The van der Waals surface area contributed by atoms with Gasteiger partial charge in [0, 0.05) is 15.0 Å². The molecule has 1 aliphatic heterocycles. The molecule has 1 aliphatic rings. The summed E-state index contributed by atoms with van der Waals surface area (Å²) in [7, 11) is -6.70. The first-order chi connectivity index (χ1) is 9.61. The van der Waals surface area contributed by atoms with E-state index in [1.165, 1.54) is 0 Å². The van der Waals surface area contributed by atoms with Crippen molar-refractivity contribution in [1.82, 2.24) is 4.72 Å². The van der Waals surface area contributed by atoms with Crippen LogP contribution in [-0.2, 0) is 19.9 Å². The minimum atomic E-state index is -3.69. The highest BCUT2D eigenvalue weighted by Crippen LogP contribution is 2.29. The molecule has 21 heavy (non-hydrogen) atoms. The van der Waals surface area contributed by atoms with Crippen LogP contribution in [0.15, 0.2) is 26.0 Å². The van der Waals surface area contributed by atoms with E-state index in [1.54, 1.807) is 12.1 Å². The van der Waals surface area contributed by atoms with E-state index in [-0.39, 0.29) is 22.4 Å². The SMILES string of the molecule is Cc1cc(Br)c(S(=O)(=O)NC2CCS(=O)(=O)CC2)cc1Br. The second kappa shape index (κ2) is 6.27. The van der Waals surface area contributed by atoms with E-state index in [0.717, 1.165) is 5.56 Å². The first kappa shape index (κ1) is 17.4. The standard InChI is InChI=1S/C12H15Br2NO4S2/c1-8-6-11(14)12(7-10(8)13)21(18,19)15-9-2-4-20(16,17)5-3-9/h6-7,9,15H,2-5H2,1H3. The third-order valence-corrected chi connectivity index (χ3v) is 8.43. The molecular formula is C12H15Br2NO4S2. The van der Waals surface area contributed by atoms with Crippen molar-refractivity contribution < 1.29 is 16.8 Å². The number of benzene rings is 1. The number of halogens is 2. The van der Waals surface area contributed by atoms with Crippen LogP contribution in [0.1, 0.15) is 18.4 Å². The molecule has 1 saturated heterocycles. The molecule has 0 aliphatic carbocycles. The third-order valence-electron chi connectivity index (χ3n) is 3.38. The molecule has 118 valence electrons. The second-order valence-electron chi connectivity index (χ2n) is 5.08. The van der Waals surface area contributed by atoms with Crippen LogP contribution in [0.3, 0.4) is 0 Å². The number of nitrogens with one attached hydrogen (secondary N) is 1. The fourth-order valence-electron chi connectivity index (χ4n) is 2.12. The van der Waals surface area contributed by atoms with Crippen LogP contribution in [0.25, 0.3) is 0 Å². The molecule has 0 radical (unpaired) electrons. The zero-order valence-corrected chi connectivity index (χ0v) is 16.1. The highest BCUT2D eigenvalue weighted by atomic mass is 79.9. The maximum Gasteiger partial charge on any atom is 0.241 e. The van der Waals surface area contributed by atoms with E-state index < -0.39 is 19.9 Å². The smallest absolute Gasteiger partial charge is 0.229 e. The summed E-state index contributed by atoms with van der Waals surface area (Å²) in [5.74, 6) is 0.0535. The molecule has 2 rings (SSSR count). The minimum absolute atomic E-state index is 0.0267. The Morgan fingerprint density at radius 3 is 2.29 bits per heavy atom. The van der Waals surface area contributed by atoms with Gasteiger partial charge >= 0.3 is 0 Å². The predicted octanol–water partition coefficient (Wildman–Crippen LogP) is 2.38. The summed E-state index contributed by atoms with van der Waals surface area (Å²) >= 11 is 6.58. The molecular weight excluding hydrogens is 446 g/mol. The minimum Gasteiger partial charge on any atom is -0.229 e. The van der Waals surface area contributed by atoms with E-state index in [9.17, 15) is 16.8 Å². The van der Waals surface area contributed by atoms with E-state index in [2.05, 4.69) is 36.6 Å². The van der Waals surface area contributed by atoms with Crippen LogP contribution in [0.4, 0.5) is 0 Å². The predicted molar refractivity (Wildman–Crippen MR) is 88.6 cm³/mol. The van der Waals surface area contributed by atoms with Crippen molar-refractivity contribution >= 4 is 51.7 Å². The lowest BCUT2D eigenvalue weighted by atomic mass is 10.2. The van der Waals surface area contributed by atoms with E-state index >= 15 is 0 Å². The molecule has 0 atom stereocenters. The van der Waals surface area contributed by atoms with Gasteiger partial charge in [0.2, 0.25) is 10.0 Å². The van der Waals surface area contributed by atoms with E-state index in [0.29, 0.717) is 21.8 Å². The highest BCUT2D eigenvalue weighted by molar-refractivity contribution is 9.11. The number of hydrogen-bond acceptors (Lipinski definition) is 4. The summed E-state index contributed by atoms with van der Waals surface area (Å²) in [6.45, 7) is 1.87. The summed E-state index contributed by atoms with van der Waals surface area (Å²) in [5, 5.41) is 0. The zero-order valence-electron chi connectivity index (χ0n) is 11.3. The van der Waals surface area contributed by atoms with Crippen molar-refractivity contribution in [2.75, 3.05) is 11.5 Å². The summed E-state index contributed by atoms with van der Waals surface area (Å²) in [6.07, 6.45) is 0.623. The lowest BCUT2D eigenvalue weighted by Gasteiger charge is -2.23. The van der Waals surface area contributed by atoms with Gasteiger partial charge in [-0.1, -0.05) is 15.9 Å². The molecule has 0 unspecified atom stereocenters. The molecule has 1 N–H and O–H groups in total. The molecule has 0 spiro atoms. The van der Waals surface area contributed by atoms with Gasteiger partial charge in [-0.25, -0.2) is 21.6 Å². The van der Waals surface area contributed by atoms with Crippen molar-refractivity contribution in [2.24, 2.45) is 0 Å². The quantitative estimate of drug-likeness (QED) is 0.750. The first-order valence-electron chi connectivity index (χ1n) is 6.29. The van der Waals surface area contributed by atoms with E-state index in [4.69, 9.17) is 0 Å². The topological polar surface area (TPSA) is 80.3 Å². The van der Waals surface area contributed by atoms with Crippen LogP contribution in [-0.4, -0.2) is 34.4 Å². The number of sulfonamides is 1. The average molecular weight is 461 g/mol. The summed E-state index contributed by atoms with van der Waals surface area (Å²) in [5.41, 5.74) is 0.921. The number of hydrogen-bond donors (Lipinski definition) is 1. The van der Waals surface area contributed by atoms with Crippen molar-refractivity contribution in [1.29, 1.82) is 0 Å². The molecule has 1 aromatic carbocycles. The van der Waals surface area contributed by atoms with Crippen molar-refractivity contribution in [2.45, 2.75) is 30.7 Å². The Morgan fingerprint density at radius 2 is 1.71 bits per heavy atom. The molecule has 1 aromatic rings. The first-order valence-corrected chi connectivity index (χ1v) is 11.2. The lowest BCUT2D eigenvalue weighted by molar-refractivity contribution is 0.505. The van der Waals surface area contributed by atoms with Gasteiger partial charge in [-0.15, -0.1) is 0 Å². The van der Waals surface area contributed by atoms with Crippen LogP contribution in [0, 0.1) is 6.92 Å². The number of sulfone groups is 1. The van der Waals surface area contributed by atoms with Gasteiger partial charge in [0.1, 0.15) is 9.84 Å². The van der Waals surface area contributed by atoms with Gasteiger partial charge in [0.25, 0.3) is 0 Å². The summed E-state index contributed by atoms with van der Waals surface area (Å²) in [6, 6.07) is 2.93. The third kappa shape index (κ3) is 4.28. The Kier molecular flexibility index (Phi) is 5.19. The monoisotopic (exact) mass is 459 g/mol. The Balaban J connectivity index is 2.22. The fraction of sp³-hybridized carbons (Fsp3) is 0.500. The normalized spacial score (nSPS) is 19.6. The Labute approximate surface area is 141 Å². The van der Waals surface area contributed by atoms with E-state index in [1.807, 2.05) is 6.92 Å². The molecule has 0 amide bonds. The van der Waals surface area contributed by atoms with Gasteiger partial charge < -0.3 is 0 Å². The van der Waals surface area contributed by atoms with Crippen LogP contribution in [0.2, 0.25) is 0 Å². The highest BCUT2D eigenvalue weighted by Gasteiger charge is 2.28. The summed E-state index contributed by atoms with van der Waals surface area (Å²) in [4.78, 5) is 0.147. The lowest BCUT2D eigenvalue weighted by Crippen LogP contribution is -2.40. The van der Waals surface area contributed by atoms with Gasteiger partial charge in [-0.05, 0) is 53.4 Å². The molecule has 1 heterocycles. The van der Waals surface area contributed by atoms with Gasteiger partial charge in [-0.2, -0.15) is 0 Å². The van der Waals surface area contributed by atoms with Gasteiger partial charge in [0.15, 0.2) is 0 Å². The van der Waals surface area contributed by atoms with Gasteiger partial charge in [-0.3, -0.25) is 0 Å². The maximum atomic E-state index is 12.4. The zero-order chi connectivity index (χ0) is 15.8. The van der Waals surface area contributed by atoms with Crippen LogP contribution >= 0.6 is 31.9 Å². The Bertz CT molecular complexity index is 746. The molecule has 9 heteroatoms. The van der Waals surface area contributed by atoms with Crippen molar-refractivity contribution in [3.8, 4) is 0 Å². The van der Waals surface area contributed by atoms with Crippen LogP contribution < -0.4 is 4.72 Å². The van der Waals surface area contributed by atoms with Crippen molar-refractivity contribution in [3.63, 3.8) is 0 Å². The summed E-state index contributed by atoms with van der Waals surface area (Å²) < 4.78 is 51.4. The molecule has 0 bridgehead atoms. The Hall–Kier alpha value is 0.0400. The Morgan fingerprint density at radius 1 is 1.14 bits per heavy atom. The average Bonchev–Trinajstić information content (AvgIpc) is 2.36. The van der Waals surface area contributed by atoms with Gasteiger partial charge in [0.05, 0.1) is 16.4 Å². The van der Waals surface area contributed by atoms with Crippen molar-refractivity contribution in [3.05, 3.63) is 26.6 Å².